The smallest absolute Gasteiger partial charge is 0.106 e. The highest BCUT2D eigenvalue weighted by atomic mass is 15.2. The van der Waals surface area contributed by atoms with Crippen LogP contribution in [0, 0.1) is 17.2 Å². The number of likely N-dealkylation sites (N-methyl/N-ethyl adjacent to an activating group) is 1. The highest BCUT2D eigenvalue weighted by molar-refractivity contribution is 5.09. The Morgan fingerprint density at radius 1 is 1.33 bits per heavy atom. The Bertz CT molecular complexity index is 371. The lowest BCUT2D eigenvalue weighted by Crippen LogP contribution is -2.45. The van der Waals surface area contributed by atoms with Gasteiger partial charge in [0.15, 0.2) is 0 Å². The fraction of sp³-hybridized carbons (Fsp3) is 0.941. The first-order chi connectivity index (χ1) is 9.99. The van der Waals surface area contributed by atoms with Gasteiger partial charge in [-0.05, 0) is 58.7 Å². The molecule has 3 atom stereocenters. The SMILES string of the molecule is CCC(C#N)(CCCN1CC(C)C(N(C)C)C1)NC1CC1. The molecule has 1 aliphatic heterocycles. The van der Waals surface area contributed by atoms with Crippen molar-refractivity contribution in [3.05, 3.63) is 0 Å². The van der Waals surface area contributed by atoms with Crippen LogP contribution in [0.2, 0.25) is 0 Å². The molecule has 0 amide bonds. The molecule has 4 nitrogen and oxygen atoms in total. The van der Waals surface area contributed by atoms with Crippen LogP contribution >= 0.6 is 0 Å². The molecule has 120 valence electrons. The second-order valence-electron chi connectivity index (χ2n) is 7.34. The summed E-state index contributed by atoms with van der Waals surface area (Å²) < 4.78 is 0. The highest BCUT2D eigenvalue weighted by Gasteiger charge is 2.35. The summed E-state index contributed by atoms with van der Waals surface area (Å²) in [6, 6.07) is 3.85. The van der Waals surface area contributed by atoms with Crippen molar-refractivity contribution in [1.29, 1.82) is 5.26 Å². The lowest BCUT2D eigenvalue weighted by molar-refractivity contribution is 0.247. The molecule has 2 aliphatic rings. The largest absolute Gasteiger partial charge is 0.305 e. The molecule has 3 unspecified atom stereocenters. The minimum atomic E-state index is -0.284. The third-order valence-corrected chi connectivity index (χ3v) is 5.26. The van der Waals surface area contributed by atoms with Gasteiger partial charge < -0.3 is 9.80 Å². The van der Waals surface area contributed by atoms with Gasteiger partial charge in [-0.3, -0.25) is 5.32 Å². The molecule has 2 fully saturated rings. The van der Waals surface area contributed by atoms with E-state index in [0.717, 1.165) is 31.7 Å². The van der Waals surface area contributed by atoms with Gasteiger partial charge in [-0.15, -0.1) is 0 Å². The van der Waals surface area contributed by atoms with Crippen LogP contribution in [-0.2, 0) is 0 Å². The number of nitriles is 1. The van der Waals surface area contributed by atoms with Crippen molar-refractivity contribution in [2.24, 2.45) is 5.92 Å². The molecule has 2 rings (SSSR count). The van der Waals surface area contributed by atoms with E-state index in [4.69, 9.17) is 0 Å². The van der Waals surface area contributed by atoms with Crippen LogP contribution in [0.1, 0.15) is 46.0 Å². The fourth-order valence-electron chi connectivity index (χ4n) is 3.64. The van der Waals surface area contributed by atoms with Crippen molar-refractivity contribution in [2.75, 3.05) is 33.7 Å². The van der Waals surface area contributed by atoms with E-state index in [2.05, 4.69) is 49.1 Å². The first kappa shape index (κ1) is 16.7. The molecule has 0 aromatic heterocycles. The Morgan fingerprint density at radius 3 is 2.52 bits per heavy atom. The normalized spacial score (nSPS) is 29.5. The standard InChI is InChI=1S/C17H32N4/c1-5-17(13-18,19-15-7-8-15)9-6-10-21-11-14(2)16(12-21)20(3)4/h14-16,19H,5-12H2,1-4H3. The Morgan fingerprint density at radius 2 is 2.05 bits per heavy atom. The molecular weight excluding hydrogens is 260 g/mol. The van der Waals surface area contributed by atoms with Crippen LogP contribution in [0.25, 0.3) is 0 Å². The molecule has 0 aromatic carbocycles. The maximum atomic E-state index is 9.57. The maximum absolute atomic E-state index is 9.57. The first-order valence-corrected chi connectivity index (χ1v) is 8.57. The molecule has 21 heavy (non-hydrogen) atoms. The number of nitrogens with zero attached hydrogens (tertiary/aromatic N) is 3. The number of rotatable bonds is 8. The van der Waals surface area contributed by atoms with Gasteiger partial charge in [-0.1, -0.05) is 13.8 Å². The summed E-state index contributed by atoms with van der Waals surface area (Å²) in [6.45, 7) is 7.99. The zero-order chi connectivity index (χ0) is 15.5. The van der Waals surface area contributed by atoms with Crippen LogP contribution in [0.4, 0.5) is 0 Å². The molecule has 4 heteroatoms. The van der Waals surface area contributed by atoms with Crippen molar-refractivity contribution in [3.63, 3.8) is 0 Å². The van der Waals surface area contributed by atoms with Crippen molar-refractivity contribution in [1.82, 2.24) is 15.1 Å². The van der Waals surface area contributed by atoms with Crippen molar-refractivity contribution in [3.8, 4) is 6.07 Å². The molecule has 0 spiro atoms. The van der Waals surface area contributed by atoms with Crippen LogP contribution < -0.4 is 5.32 Å². The van der Waals surface area contributed by atoms with Crippen molar-refractivity contribution < 1.29 is 0 Å². The summed E-state index contributed by atoms with van der Waals surface area (Å²) in [5.41, 5.74) is -0.284. The van der Waals surface area contributed by atoms with Crippen LogP contribution in [0.15, 0.2) is 0 Å². The van der Waals surface area contributed by atoms with E-state index in [1.807, 2.05) is 0 Å². The third kappa shape index (κ3) is 4.42. The van der Waals surface area contributed by atoms with E-state index in [1.165, 1.54) is 25.9 Å². The van der Waals surface area contributed by atoms with Gasteiger partial charge in [0.1, 0.15) is 5.54 Å². The topological polar surface area (TPSA) is 42.3 Å². The lowest BCUT2D eigenvalue weighted by Gasteiger charge is -2.28. The number of nitrogens with one attached hydrogen (secondary N) is 1. The van der Waals surface area contributed by atoms with Crippen LogP contribution in [0.3, 0.4) is 0 Å². The summed E-state index contributed by atoms with van der Waals surface area (Å²) in [5.74, 6) is 0.747. The Kier molecular flexibility index (Phi) is 5.65. The molecular formula is C17H32N4. The number of hydrogen-bond donors (Lipinski definition) is 1. The summed E-state index contributed by atoms with van der Waals surface area (Å²) in [4.78, 5) is 4.93. The molecule has 1 aliphatic carbocycles. The van der Waals surface area contributed by atoms with Crippen LogP contribution in [-0.4, -0.2) is 61.2 Å². The predicted molar refractivity (Wildman–Crippen MR) is 87.1 cm³/mol. The molecule has 1 N–H and O–H groups in total. The summed E-state index contributed by atoms with van der Waals surface area (Å²) in [6.07, 6.45) is 5.51. The van der Waals surface area contributed by atoms with E-state index >= 15 is 0 Å². The zero-order valence-electron chi connectivity index (χ0n) is 14.2. The van der Waals surface area contributed by atoms with Gasteiger partial charge in [0, 0.05) is 25.2 Å². The van der Waals surface area contributed by atoms with Gasteiger partial charge in [0.05, 0.1) is 6.07 Å². The molecule has 1 heterocycles. The van der Waals surface area contributed by atoms with Crippen molar-refractivity contribution in [2.45, 2.75) is 63.6 Å². The van der Waals surface area contributed by atoms with Gasteiger partial charge >= 0.3 is 0 Å². The number of hydrogen-bond acceptors (Lipinski definition) is 4. The quantitative estimate of drug-likeness (QED) is 0.744. The summed E-state index contributed by atoms with van der Waals surface area (Å²) in [5, 5.41) is 13.1. The van der Waals surface area contributed by atoms with Gasteiger partial charge in [-0.2, -0.15) is 5.26 Å². The van der Waals surface area contributed by atoms with Gasteiger partial charge in [0.2, 0.25) is 0 Å². The third-order valence-electron chi connectivity index (χ3n) is 5.26. The summed E-state index contributed by atoms with van der Waals surface area (Å²) >= 11 is 0. The van der Waals surface area contributed by atoms with Crippen molar-refractivity contribution >= 4 is 0 Å². The van der Waals surface area contributed by atoms with Gasteiger partial charge in [0.25, 0.3) is 0 Å². The van der Waals surface area contributed by atoms with Crippen LogP contribution in [0.5, 0.6) is 0 Å². The molecule has 0 radical (unpaired) electrons. The Hall–Kier alpha value is -0.630. The average Bonchev–Trinajstić information content (AvgIpc) is 3.18. The zero-order valence-corrected chi connectivity index (χ0v) is 14.2. The fourth-order valence-corrected chi connectivity index (χ4v) is 3.64. The predicted octanol–water partition coefficient (Wildman–Crippen LogP) is 2.07. The summed E-state index contributed by atoms with van der Waals surface area (Å²) in [7, 11) is 4.37. The molecule has 1 saturated carbocycles. The first-order valence-electron chi connectivity index (χ1n) is 8.57. The van der Waals surface area contributed by atoms with E-state index in [-0.39, 0.29) is 5.54 Å². The monoisotopic (exact) mass is 292 g/mol. The van der Waals surface area contributed by atoms with E-state index in [1.54, 1.807) is 0 Å². The molecule has 0 aromatic rings. The second kappa shape index (κ2) is 7.09. The molecule has 0 bridgehead atoms. The maximum Gasteiger partial charge on any atom is 0.106 e. The number of likely N-dealkylation sites (tertiary alicyclic amines) is 1. The lowest BCUT2D eigenvalue weighted by atomic mass is 9.91. The van der Waals surface area contributed by atoms with E-state index in [0.29, 0.717) is 12.1 Å². The average molecular weight is 292 g/mol. The second-order valence-corrected chi connectivity index (χ2v) is 7.34. The highest BCUT2D eigenvalue weighted by Crippen LogP contribution is 2.27. The Balaban J connectivity index is 1.76. The van der Waals surface area contributed by atoms with E-state index < -0.39 is 0 Å². The Labute approximate surface area is 130 Å². The van der Waals surface area contributed by atoms with E-state index in [9.17, 15) is 5.26 Å². The minimum absolute atomic E-state index is 0.284. The minimum Gasteiger partial charge on any atom is -0.305 e. The van der Waals surface area contributed by atoms with Gasteiger partial charge in [-0.25, -0.2) is 0 Å². The molecule has 1 saturated heterocycles.